The Kier molecular flexibility index (Phi) is 6.25. The minimum Gasteiger partial charge on any atom is -0.505 e. The summed E-state index contributed by atoms with van der Waals surface area (Å²) in [6.45, 7) is 0. The number of benzene rings is 1. The molecule has 3 aliphatic carbocycles. The molecule has 2 fully saturated rings. The number of aliphatic hydroxyl groups is 1. The molecule has 12 heteroatoms. The number of ketones is 4. The zero-order chi connectivity index (χ0) is 26.5. The molecule has 0 bridgehead atoms. The van der Waals surface area contributed by atoms with E-state index in [4.69, 9.17) is 10.8 Å². The van der Waals surface area contributed by atoms with Crippen LogP contribution in [0.3, 0.4) is 0 Å². The van der Waals surface area contributed by atoms with Gasteiger partial charge in [0.15, 0.2) is 34.7 Å². The molecule has 12 nitrogen and oxygen atoms in total. The quantitative estimate of drug-likeness (QED) is 0.249. The van der Waals surface area contributed by atoms with E-state index in [1.807, 2.05) is 0 Å². The predicted octanol–water partition coefficient (Wildman–Crippen LogP) is -0.480. The summed E-state index contributed by atoms with van der Waals surface area (Å²) in [5.41, 5.74) is 2.46. The highest BCUT2D eigenvalue weighted by Gasteiger charge is 2.66. The van der Waals surface area contributed by atoms with Crippen LogP contribution in [0.25, 0.3) is 0 Å². The molecule has 0 spiro atoms. The zero-order valence-corrected chi connectivity index (χ0v) is 19.0. The van der Waals surface area contributed by atoms with Gasteiger partial charge in [-0.05, 0) is 36.8 Å². The van der Waals surface area contributed by atoms with Crippen molar-refractivity contribution in [3.63, 3.8) is 0 Å². The maximum Gasteiger partial charge on any atom is 0.303 e. The van der Waals surface area contributed by atoms with Crippen LogP contribution in [0.1, 0.15) is 48.0 Å². The molecule has 1 aromatic carbocycles. The molecule has 36 heavy (non-hydrogen) atoms. The van der Waals surface area contributed by atoms with Gasteiger partial charge in [-0.2, -0.15) is 0 Å². The molecule has 2 unspecified atom stereocenters. The number of rotatable bonds is 6. The standard InChI is InChI=1S/C24H24N2O10/c25-23(35)18-13(27)8-11-7-10-6-9-4-5-12(26-14(28)2-1-3-15(29)30)19(31)16(9)20(32)17(10)21(33)24(11,36)22(18)34/h4-5,10-11,17-18,31,36H,1-3,6-8H2,(H2,25,35)(H,26,28)(H,29,30)/t10-,11-,17?,18?,24-/m0/s1. The number of aliphatic carboxylic acids is 1. The average Bonchev–Trinajstić information content (AvgIpc) is 2.77. The number of nitrogens with two attached hydrogens (primary N) is 1. The van der Waals surface area contributed by atoms with Crippen LogP contribution in [-0.2, 0) is 35.2 Å². The second-order valence-electron chi connectivity index (χ2n) is 9.53. The second-order valence-corrected chi connectivity index (χ2v) is 9.53. The van der Waals surface area contributed by atoms with E-state index >= 15 is 0 Å². The molecular formula is C24H24N2O10. The number of primary amides is 1. The highest BCUT2D eigenvalue weighted by molar-refractivity contribution is 6.31. The summed E-state index contributed by atoms with van der Waals surface area (Å²) >= 11 is 0. The number of phenols is 1. The van der Waals surface area contributed by atoms with Gasteiger partial charge in [0.05, 0.1) is 17.2 Å². The number of carboxylic acid groups (broad SMARTS) is 1. The van der Waals surface area contributed by atoms with Crippen molar-refractivity contribution in [3.05, 3.63) is 23.3 Å². The van der Waals surface area contributed by atoms with E-state index in [1.165, 1.54) is 12.1 Å². The largest absolute Gasteiger partial charge is 0.505 e. The zero-order valence-electron chi connectivity index (χ0n) is 19.0. The third-order valence-corrected chi connectivity index (χ3v) is 7.34. The van der Waals surface area contributed by atoms with Gasteiger partial charge in [0, 0.05) is 25.2 Å². The van der Waals surface area contributed by atoms with Crippen LogP contribution in [0.2, 0.25) is 0 Å². The van der Waals surface area contributed by atoms with Gasteiger partial charge in [0.1, 0.15) is 5.75 Å². The maximum atomic E-state index is 13.4. The van der Waals surface area contributed by atoms with Crippen molar-refractivity contribution in [1.82, 2.24) is 0 Å². The van der Waals surface area contributed by atoms with Gasteiger partial charge in [0.25, 0.3) is 0 Å². The van der Waals surface area contributed by atoms with Crippen LogP contribution >= 0.6 is 0 Å². The number of hydrogen-bond acceptors (Lipinski definition) is 9. The van der Waals surface area contributed by atoms with E-state index in [-0.39, 0.29) is 43.4 Å². The number of carbonyl (C=O) groups excluding carboxylic acids is 6. The number of fused-ring (bicyclic) bond motifs is 3. The minimum absolute atomic E-state index is 0.0100. The van der Waals surface area contributed by atoms with Crippen LogP contribution in [0.4, 0.5) is 5.69 Å². The lowest BCUT2D eigenvalue weighted by Crippen LogP contribution is -2.68. The number of carbonyl (C=O) groups is 7. The molecule has 2 amide bonds. The van der Waals surface area contributed by atoms with Crippen molar-refractivity contribution >= 4 is 46.6 Å². The Morgan fingerprint density at radius 2 is 1.75 bits per heavy atom. The summed E-state index contributed by atoms with van der Waals surface area (Å²) in [7, 11) is 0. The van der Waals surface area contributed by atoms with Gasteiger partial charge < -0.3 is 26.4 Å². The predicted molar refractivity (Wildman–Crippen MR) is 119 cm³/mol. The first-order chi connectivity index (χ1) is 16.9. The van der Waals surface area contributed by atoms with Crippen molar-refractivity contribution in [2.45, 2.75) is 44.1 Å². The molecule has 1 aromatic rings. The normalized spacial score (nSPS) is 29.1. The number of carboxylic acids is 1. The van der Waals surface area contributed by atoms with Crippen molar-refractivity contribution in [2.75, 3.05) is 5.32 Å². The number of aromatic hydroxyl groups is 1. The number of Topliss-reactive ketones (excluding diaryl/α,β-unsaturated/α-hetero) is 4. The molecule has 2 saturated carbocycles. The lowest BCUT2D eigenvalue weighted by Gasteiger charge is -2.48. The van der Waals surface area contributed by atoms with E-state index in [0.29, 0.717) is 5.56 Å². The maximum absolute atomic E-state index is 13.4. The van der Waals surface area contributed by atoms with Crippen LogP contribution < -0.4 is 11.1 Å². The summed E-state index contributed by atoms with van der Waals surface area (Å²) in [6, 6.07) is 2.88. The Morgan fingerprint density at radius 3 is 2.39 bits per heavy atom. The highest BCUT2D eigenvalue weighted by atomic mass is 16.4. The second kappa shape index (κ2) is 8.94. The third-order valence-electron chi connectivity index (χ3n) is 7.34. The van der Waals surface area contributed by atoms with Crippen LogP contribution in [0.15, 0.2) is 12.1 Å². The lowest BCUT2D eigenvalue weighted by molar-refractivity contribution is -0.175. The van der Waals surface area contributed by atoms with E-state index < -0.39 is 82.4 Å². The number of nitrogens with one attached hydrogen (secondary N) is 1. The van der Waals surface area contributed by atoms with Crippen molar-refractivity contribution in [1.29, 1.82) is 0 Å². The van der Waals surface area contributed by atoms with E-state index in [2.05, 4.69) is 5.32 Å². The lowest BCUT2D eigenvalue weighted by atomic mass is 9.54. The summed E-state index contributed by atoms with van der Waals surface area (Å²) in [5, 5.41) is 33.0. The topological polar surface area (TPSA) is 218 Å². The van der Waals surface area contributed by atoms with Crippen molar-refractivity contribution in [2.24, 2.45) is 29.4 Å². The highest BCUT2D eigenvalue weighted by Crippen LogP contribution is 2.50. The first-order valence-corrected chi connectivity index (χ1v) is 11.4. The fourth-order valence-corrected chi connectivity index (χ4v) is 5.66. The molecule has 5 atom stereocenters. The van der Waals surface area contributed by atoms with E-state index in [1.54, 1.807) is 0 Å². The van der Waals surface area contributed by atoms with E-state index in [0.717, 1.165) is 0 Å². The van der Waals surface area contributed by atoms with Gasteiger partial charge >= 0.3 is 5.97 Å². The Labute approximate surface area is 203 Å². The Hall–Kier alpha value is -3.93. The molecule has 0 saturated heterocycles. The third kappa shape index (κ3) is 3.87. The summed E-state index contributed by atoms with van der Waals surface area (Å²) < 4.78 is 0. The first-order valence-electron chi connectivity index (χ1n) is 11.4. The van der Waals surface area contributed by atoms with Crippen molar-refractivity contribution < 1.29 is 48.9 Å². The SMILES string of the molecule is NC(=O)C1C(=O)C[C@@H]2C[C@@H]3Cc4ccc(NC(=O)CCCC(=O)O)c(O)c4C(=O)C3C(=O)[C@]2(O)C1=O. The monoisotopic (exact) mass is 500 g/mol. The molecule has 0 aliphatic heterocycles. The summed E-state index contributed by atoms with van der Waals surface area (Å²) in [4.78, 5) is 86.5. The van der Waals surface area contributed by atoms with Crippen molar-refractivity contribution in [3.8, 4) is 5.75 Å². The summed E-state index contributed by atoms with van der Waals surface area (Å²) in [6.07, 6.45) is -0.596. The molecular weight excluding hydrogens is 476 g/mol. The number of amides is 2. The summed E-state index contributed by atoms with van der Waals surface area (Å²) in [5.74, 6) is -12.9. The average molecular weight is 500 g/mol. The molecule has 0 heterocycles. The fourth-order valence-electron chi connectivity index (χ4n) is 5.66. The molecule has 0 aromatic heterocycles. The molecule has 0 radical (unpaired) electrons. The van der Waals surface area contributed by atoms with Crippen LogP contribution in [-0.4, -0.2) is 61.8 Å². The van der Waals surface area contributed by atoms with Gasteiger partial charge in [-0.3, -0.25) is 33.6 Å². The number of anilines is 1. The molecule has 4 rings (SSSR count). The molecule has 190 valence electrons. The molecule has 3 aliphatic rings. The van der Waals surface area contributed by atoms with Gasteiger partial charge in [-0.15, -0.1) is 0 Å². The Morgan fingerprint density at radius 1 is 1.06 bits per heavy atom. The Bertz CT molecular complexity index is 1240. The first kappa shape index (κ1) is 25.2. The van der Waals surface area contributed by atoms with Gasteiger partial charge in [-0.25, -0.2) is 0 Å². The fraction of sp³-hybridized carbons (Fsp3) is 0.458. The number of phenolic OH excluding ortho intramolecular Hbond substituents is 1. The van der Waals surface area contributed by atoms with E-state index in [9.17, 15) is 43.8 Å². The minimum atomic E-state index is -2.73. The van der Waals surface area contributed by atoms with Gasteiger partial charge in [0.2, 0.25) is 11.8 Å². The van der Waals surface area contributed by atoms with Crippen LogP contribution in [0.5, 0.6) is 5.75 Å². The smallest absolute Gasteiger partial charge is 0.303 e. The molecule has 6 N–H and O–H groups in total. The number of hydrogen-bond donors (Lipinski definition) is 5. The van der Waals surface area contributed by atoms with Gasteiger partial charge in [-0.1, -0.05) is 6.07 Å². The Balaban J connectivity index is 1.64. The van der Waals surface area contributed by atoms with Crippen LogP contribution in [0, 0.1) is 23.7 Å².